The smallest absolute Gasteiger partial charge is 0.462 e. The lowest BCUT2D eigenvalue weighted by Crippen LogP contribution is -2.29. The van der Waals surface area contributed by atoms with Crippen molar-refractivity contribution in [3.63, 3.8) is 0 Å². The quantitative estimate of drug-likeness (QED) is 0.314. The van der Waals surface area contributed by atoms with Crippen molar-refractivity contribution < 1.29 is 37.9 Å². The molecule has 0 amide bonds. The van der Waals surface area contributed by atoms with Crippen molar-refractivity contribution >= 4 is 19.8 Å². The molecule has 22 heavy (non-hydrogen) atoms. The van der Waals surface area contributed by atoms with Crippen LogP contribution >= 0.6 is 7.82 Å². The first-order chi connectivity index (χ1) is 10.3. The summed E-state index contributed by atoms with van der Waals surface area (Å²) in [4.78, 5) is 40.0. The minimum absolute atomic E-state index is 0.0946. The van der Waals surface area contributed by atoms with Gasteiger partial charge in [-0.2, -0.15) is 0 Å². The van der Waals surface area contributed by atoms with Gasteiger partial charge in [0.1, 0.15) is 6.61 Å². The molecule has 9 heteroatoms. The summed E-state index contributed by atoms with van der Waals surface area (Å²) in [5.41, 5.74) is 0. The molecule has 0 heterocycles. The molecule has 2 N–H and O–H groups in total. The maximum atomic E-state index is 11.5. The Morgan fingerprint density at radius 3 is 2.27 bits per heavy atom. The predicted octanol–water partition coefficient (Wildman–Crippen LogP) is 1.93. The molecule has 0 rings (SSSR count). The molecule has 0 aromatic rings. The zero-order valence-corrected chi connectivity index (χ0v) is 13.9. The Morgan fingerprint density at radius 2 is 1.73 bits per heavy atom. The highest BCUT2D eigenvalue weighted by molar-refractivity contribution is 7.46. The molecule has 0 aromatic carbocycles. The molecule has 0 saturated carbocycles. The molecule has 0 aromatic heterocycles. The van der Waals surface area contributed by atoms with Crippen molar-refractivity contribution in [2.24, 2.45) is 0 Å². The van der Waals surface area contributed by atoms with Crippen LogP contribution in [0.5, 0.6) is 0 Å². The van der Waals surface area contributed by atoms with Gasteiger partial charge >= 0.3 is 19.8 Å². The fourth-order valence-electron chi connectivity index (χ4n) is 1.52. The number of phosphoric ester groups is 1. The van der Waals surface area contributed by atoms with Gasteiger partial charge in [-0.15, -0.1) is 0 Å². The van der Waals surface area contributed by atoms with Crippen LogP contribution in [0.15, 0.2) is 0 Å². The summed E-state index contributed by atoms with van der Waals surface area (Å²) in [6, 6.07) is 0. The van der Waals surface area contributed by atoms with Crippen LogP contribution in [0.1, 0.15) is 52.4 Å². The Morgan fingerprint density at radius 1 is 1.05 bits per heavy atom. The summed E-state index contributed by atoms with van der Waals surface area (Å²) in [5.74, 6) is -1.01. The minimum atomic E-state index is -4.68. The zero-order valence-electron chi connectivity index (χ0n) is 13.0. The monoisotopic (exact) mass is 340 g/mol. The fraction of sp³-hybridized carbons (Fsp3) is 0.846. The number of phosphoric acid groups is 1. The molecular weight excluding hydrogens is 315 g/mol. The molecular formula is C13H25O8P. The van der Waals surface area contributed by atoms with Crippen molar-refractivity contribution in [1.82, 2.24) is 0 Å². The Hall–Kier alpha value is -0.950. The molecule has 0 unspecified atom stereocenters. The summed E-state index contributed by atoms with van der Waals surface area (Å²) < 4.78 is 24.8. The molecule has 0 spiro atoms. The molecule has 1 atom stereocenters. The fourth-order valence-corrected chi connectivity index (χ4v) is 1.88. The second-order valence-electron chi connectivity index (χ2n) is 4.75. The molecule has 0 aliphatic carbocycles. The van der Waals surface area contributed by atoms with Gasteiger partial charge < -0.3 is 19.3 Å². The van der Waals surface area contributed by atoms with Crippen molar-refractivity contribution in [2.45, 2.75) is 58.5 Å². The van der Waals surface area contributed by atoms with Crippen LogP contribution in [-0.2, 0) is 28.2 Å². The molecule has 0 aliphatic rings. The summed E-state index contributed by atoms with van der Waals surface area (Å²) >= 11 is 0. The number of ether oxygens (including phenoxy) is 2. The molecule has 0 radical (unpaired) electrons. The van der Waals surface area contributed by atoms with E-state index in [4.69, 9.17) is 19.3 Å². The lowest BCUT2D eigenvalue weighted by Gasteiger charge is -2.18. The van der Waals surface area contributed by atoms with Crippen LogP contribution < -0.4 is 0 Å². The number of unbranched alkanes of at least 4 members (excludes halogenated alkanes) is 3. The van der Waals surface area contributed by atoms with E-state index in [1.165, 1.54) is 0 Å². The third kappa shape index (κ3) is 12.8. The molecule has 0 aliphatic heterocycles. The van der Waals surface area contributed by atoms with E-state index in [1.807, 2.05) is 0 Å². The number of rotatable bonds is 12. The Balaban J connectivity index is 4.18. The number of hydrogen-bond acceptors (Lipinski definition) is 6. The second kappa shape index (κ2) is 11.6. The van der Waals surface area contributed by atoms with Crippen LogP contribution in [0, 0.1) is 0 Å². The average Bonchev–Trinajstić information content (AvgIpc) is 2.45. The van der Waals surface area contributed by atoms with Gasteiger partial charge in [-0.3, -0.25) is 14.1 Å². The van der Waals surface area contributed by atoms with Crippen molar-refractivity contribution in [3.8, 4) is 0 Å². The maximum absolute atomic E-state index is 11.5. The van der Waals surface area contributed by atoms with Crippen LogP contribution in [0.2, 0.25) is 0 Å². The lowest BCUT2D eigenvalue weighted by molar-refractivity contribution is -0.160. The number of carbonyl (C=O) groups excluding carboxylic acids is 2. The molecule has 0 saturated heterocycles. The summed E-state index contributed by atoms with van der Waals surface area (Å²) in [6.07, 6.45) is 3.06. The minimum Gasteiger partial charge on any atom is -0.462 e. The molecule has 130 valence electrons. The highest BCUT2D eigenvalue weighted by atomic mass is 31.2. The predicted molar refractivity (Wildman–Crippen MR) is 77.9 cm³/mol. The van der Waals surface area contributed by atoms with Gasteiger partial charge in [0, 0.05) is 12.8 Å². The number of carbonyl (C=O) groups is 2. The average molecular weight is 340 g/mol. The van der Waals surface area contributed by atoms with Crippen molar-refractivity contribution in [2.75, 3.05) is 13.2 Å². The SMILES string of the molecule is CCCCCCC(=O)OC[C@H](COP(=O)(O)O)OC(=O)CC. The lowest BCUT2D eigenvalue weighted by atomic mass is 10.2. The summed E-state index contributed by atoms with van der Waals surface area (Å²) in [5, 5.41) is 0. The topological polar surface area (TPSA) is 119 Å². The van der Waals surface area contributed by atoms with Gasteiger partial charge in [-0.1, -0.05) is 33.1 Å². The van der Waals surface area contributed by atoms with E-state index in [0.29, 0.717) is 6.42 Å². The van der Waals surface area contributed by atoms with E-state index in [2.05, 4.69) is 11.4 Å². The van der Waals surface area contributed by atoms with E-state index < -0.39 is 32.5 Å². The first-order valence-corrected chi connectivity index (χ1v) is 8.86. The number of esters is 2. The normalized spacial score (nSPS) is 12.7. The standard InChI is InChI=1S/C13H25O8P/c1-3-5-6-7-8-13(15)19-9-11(21-12(14)4-2)10-20-22(16,17)18/h11H,3-10H2,1-2H3,(H2,16,17,18)/t11-/m1/s1. The van der Waals surface area contributed by atoms with Crippen LogP contribution in [0.3, 0.4) is 0 Å². The summed E-state index contributed by atoms with van der Waals surface area (Å²) in [7, 11) is -4.68. The van der Waals surface area contributed by atoms with E-state index in [0.717, 1.165) is 19.3 Å². The van der Waals surface area contributed by atoms with Gasteiger partial charge in [0.2, 0.25) is 0 Å². The molecule has 0 fully saturated rings. The highest BCUT2D eigenvalue weighted by Crippen LogP contribution is 2.35. The third-order valence-corrected chi connectivity index (χ3v) is 3.17. The Kier molecular flexibility index (Phi) is 11.1. The molecule has 8 nitrogen and oxygen atoms in total. The Bertz CT molecular complexity index is 378. The van der Waals surface area contributed by atoms with E-state index in [1.54, 1.807) is 6.92 Å². The van der Waals surface area contributed by atoms with Gasteiger partial charge in [0.15, 0.2) is 6.10 Å². The third-order valence-electron chi connectivity index (χ3n) is 2.68. The van der Waals surface area contributed by atoms with E-state index in [-0.39, 0.29) is 19.4 Å². The highest BCUT2D eigenvalue weighted by Gasteiger charge is 2.22. The van der Waals surface area contributed by atoms with E-state index >= 15 is 0 Å². The largest absolute Gasteiger partial charge is 0.469 e. The van der Waals surface area contributed by atoms with Crippen molar-refractivity contribution in [3.05, 3.63) is 0 Å². The second-order valence-corrected chi connectivity index (χ2v) is 5.98. The van der Waals surface area contributed by atoms with Gasteiger partial charge in [-0.25, -0.2) is 4.57 Å². The molecule has 0 bridgehead atoms. The van der Waals surface area contributed by atoms with Crippen LogP contribution in [0.25, 0.3) is 0 Å². The van der Waals surface area contributed by atoms with Gasteiger partial charge in [0.05, 0.1) is 6.61 Å². The van der Waals surface area contributed by atoms with Gasteiger partial charge in [0.25, 0.3) is 0 Å². The van der Waals surface area contributed by atoms with Crippen LogP contribution in [0.4, 0.5) is 0 Å². The summed E-state index contributed by atoms with van der Waals surface area (Å²) in [6.45, 7) is 2.80. The van der Waals surface area contributed by atoms with Crippen molar-refractivity contribution in [1.29, 1.82) is 0 Å². The Labute approximate surface area is 130 Å². The zero-order chi connectivity index (χ0) is 17.0. The first kappa shape index (κ1) is 21.0. The van der Waals surface area contributed by atoms with Gasteiger partial charge in [-0.05, 0) is 6.42 Å². The van der Waals surface area contributed by atoms with E-state index in [9.17, 15) is 14.2 Å². The maximum Gasteiger partial charge on any atom is 0.469 e. The van der Waals surface area contributed by atoms with Crippen LogP contribution in [-0.4, -0.2) is 41.0 Å². The first-order valence-electron chi connectivity index (χ1n) is 7.33. The number of hydrogen-bond donors (Lipinski definition) is 2.